The zero-order valence-electron chi connectivity index (χ0n) is 19.4. The molecule has 2 heterocycles. The Kier molecular flexibility index (Phi) is 10.1. The van der Waals surface area contributed by atoms with Crippen LogP contribution in [0, 0.1) is 11.8 Å². The molecule has 0 bridgehead atoms. The van der Waals surface area contributed by atoms with Crippen LogP contribution in [0.5, 0.6) is 5.75 Å². The lowest BCUT2D eigenvalue weighted by atomic mass is 10.0. The number of likely N-dealkylation sites (tertiary alicyclic amines) is 2. The summed E-state index contributed by atoms with van der Waals surface area (Å²) in [7, 11) is 1.75. The third kappa shape index (κ3) is 7.03. The Bertz CT molecular complexity index is 671. The van der Waals surface area contributed by atoms with Crippen molar-refractivity contribution in [2.45, 2.75) is 89.6 Å². The molecule has 0 aliphatic carbocycles. The largest absolute Gasteiger partial charge is 0.497 e. The molecule has 2 aliphatic rings. The van der Waals surface area contributed by atoms with E-state index < -0.39 is 0 Å². The van der Waals surface area contributed by atoms with Gasteiger partial charge in [-0.25, -0.2) is 0 Å². The quantitative estimate of drug-likeness (QED) is 0.326. The molecule has 2 saturated heterocycles. The lowest BCUT2D eigenvalue weighted by Gasteiger charge is -2.33. The molecule has 0 unspecified atom stereocenters. The van der Waals surface area contributed by atoms with Gasteiger partial charge in [0.2, 0.25) is 0 Å². The number of methoxy groups -OCH3 is 1. The number of nitrogens with zero attached hydrogens (tertiary/aromatic N) is 2. The first kappa shape index (κ1) is 23.2. The molecule has 0 radical (unpaired) electrons. The van der Waals surface area contributed by atoms with E-state index in [9.17, 15) is 0 Å². The maximum absolute atomic E-state index is 5.52. The van der Waals surface area contributed by atoms with E-state index in [1.807, 2.05) is 6.07 Å². The number of unbranched alkanes of at least 4 members (excludes halogenated alkanes) is 6. The molecule has 1 aromatic rings. The Labute approximate surface area is 185 Å². The third-order valence-corrected chi connectivity index (χ3v) is 6.73. The van der Waals surface area contributed by atoms with Crippen LogP contribution in [0.2, 0.25) is 0 Å². The van der Waals surface area contributed by atoms with Gasteiger partial charge in [0.1, 0.15) is 5.75 Å². The summed E-state index contributed by atoms with van der Waals surface area (Å²) in [5.41, 5.74) is 1.29. The fourth-order valence-electron chi connectivity index (χ4n) is 4.99. The number of benzene rings is 1. The van der Waals surface area contributed by atoms with Gasteiger partial charge in [-0.1, -0.05) is 57.1 Å². The monoisotopic (exact) mass is 410 g/mol. The lowest BCUT2D eigenvalue weighted by Crippen LogP contribution is -2.41. The number of rotatable bonds is 11. The van der Waals surface area contributed by atoms with Gasteiger partial charge in [0.05, 0.1) is 13.2 Å². The van der Waals surface area contributed by atoms with Gasteiger partial charge in [-0.05, 0) is 62.9 Å². The van der Waals surface area contributed by atoms with Crippen LogP contribution in [-0.4, -0.2) is 49.1 Å². The second kappa shape index (κ2) is 13.0. The van der Waals surface area contributed by atoms with Crippen molar-refractivity contribution >= 4 is 0 Å². The van der Waals surface area contributed by atoms with Crippen LogP contribution in [0.3, 0.4) is 0 Å². The Morgan fingerprint density at radius 2 is 1.83 bits per heavy atom. The van der Waals surface area contributed by atoms with E-state index in [2.05, 4.69) is 46.8 Å². The van der Waals surface area contributed by atoms with Crippen molar-refractivity contribution < 1.29 is 4.74 Å². The van der Waals surface area contributed by atoms with Gasteiger partial charge < -0.3 is 9.64 Å². The van der Waals surface area contributed by atoms with Crippen LogP contribution < -0.4 is 4.74 Å². The Morgan fingerprint density at radius 1 is 1.03 bits per heavy atom. The summed E-state index contributed by atoms with van der Waals surface area (Å²) in [5, 5.41) is 0. The van der Waals surface area contributed by atoms with Crippen molar-refractivity contribution in [1.82, 2.24) is 9.80 Å². The lowest BCUT2D eigenvalue weighted by molar-refractivity contribution is 0.168. The van der Waals surface area contributed by atoms with Crippen LogP contribution in [0.4, 0.5) is 0 Å². The van der Waals surface area contributed by atoms with Crippen LogP contribution in [0.25, 0.3) is 0 Å². The van der Waals surface area contributed by atoms with Crippen molar-refractivity contribution in [1.29, 1.82) is 0 Å². The molecule has 3 heteroatoms. The summed E-state index contributed by atoms with van der Waals surface area (Å²) in [5.74, 6) is 8.18. The first-order valence-electron chi connectivity index (χ1n) is 12.4. The van der Waals surface area contributed by atoms with E-state index in [0.29, 0.717) is 6.04 Å². The molecule has 0 aromatic heterocycles. The van der Waals surface area contributed by atoms with E-state index in [1.165, 1.54) is 89.4 Å². The highest BCUT2D eigenvalue weighted by atomic mass is 16.5. The molecule has 2 aliphatic heterocycles. The second-order valence-corrected chi connectivity index (χ2v) is 9.06. The first-order valence-corrected chi connectivity index (χ1v) is 12.4. The fourth-order valence-corrected chi connectivity index (χ4v) is 4.99. The van der Waals surface area contributed by atoms with Crippen molar-refractivity contribution in [3.63, 3.8) is 0 Å². The molecule has 1 aromatic carbocycles. The molecule has 0 spiro atoms. The molecule has 166 valence electrons. The van der Waals surface area contributed by atoms with Gasteiger partial charge >= 0.3 is 0 Å². The maximum atomic E-state index is 5.52. The molecular weight excluding hydrogens is 368 g/mol. The van der Waals surface area contributed by atoms with Gasteiger partial charge in [-0.3, -0.25) is 4.90 Å². The molecule has 2 atom stereocenters. The van der Waals surface area contributed by atoms with E-state index in [1.54, 1.807) is 7.11 Å². The molecule has 0 amide bonds. The SMILES string of the molecule is CCCCCCCCC#C[C@H](c1cccc(OC)c1)N1CCC[C@H]1CN1CCCC1. The predicted molar refractivity (Wildman–Crippen MR) is 127 cm³/mol. The fraction of sp³-hybridized carbons (Fsp3) is 0.704. The number of hydrogen-bond acceptors (Lipinski definition) is 3. The van der Waals surface area contributed by atoms with Gasteiger partial charge in [0.25, 0.3) is 0 Å². The summed E-state index contributed by atoms with van der Waals surface area (Å²) in [4.78, 5) is 5.34. The molecule has 3 rings (SSSR count). The Balaban J connectivity index is 1.65. The third-order valence-electron chi connectivity index (χ3n) is 6.73. The highest BCUT2D eigenvalue weighted by Gasteiger charge is 2.32. The van der Waals surface area contributed by atoms with Gasteiger partial charge in [-0.2, -0.15) is 0 Å². The predicted octanol–water partition coefficient (Wildman–Crippen LogP) is 6.05. The minimum Gasteiger partial charge on any atom is -0.497 e. The number of hydrogen-bond donors (Lipinski definition) is 0. The van der Waals surface area contributed by atoms with Crippen molar-refractivity contribution in [3.05, 3.63) is 29.8 Å². The maximum Gasteiger partial charge on any atom is 0.119 e. The van der Waals surface area contributed by atoms with E-state index >= 15 is 0 Å². The molecule has 30 heavy (non-hydrogen) atoms. The molecule has 0 N–H and O–H groups in total. The van der Waals surface area contributed by atoms with Crippen LogP contribution in [-0.2, 0) is 0 Å². The van der Waals surface area contributed by atoms with Crippen LogP contribution in [0.1, 0.15) is 89.2 Å². The molecule has 2 fully saturated rings. The summed E-state index contributed by atoms with van der Waals surface area (Å²) in [6, 6.07) is 9.39. The summed E-state index contributed by atoms with van der Waals surface area (Å²) in [6.07, 6.45) is 14.3. The average molecular weight is 411 g/mol. The smallest absolute Gasteiger partial charge is 0.119 e. The topological polar surface area (TPSA) is 15.7 Å². The van der Waals surface area contributed by atoms with E-state index in [-0.39, 0.29) is 6.04 Å². The summed E-state index contributed by atoms with van der Waals surface area (Å²) >= 11 is 0. The van der Waals surface area contributed by atoms with E-state index in [0.717, 1.165) is 18.7 Å². The van der Waals surface area contributed by atoms with Gasteiger partial charge in [0.15, 0.2) is 0 Å². The van der Waals surface area contributed by atoms with Crippen LogP contribution >= 0.6 is 0 Å². The van der Waals surface area contributed by atoms with E-state index in [4.69, 9.17) is 4.74 Å². The van der Waals surface area contributed by atoms with Gasteiger partial charge in [0, 0.05) is 25.6 Å². The molecular formula is C27H42N2O. The molecule has 0 saturated carbocycles. The van der Waals surface area contributed by atoms with Crippen molar-refractivity contribution in [3.8, 4) is 17.6 Å². The normalized spacial score (nSPS) is 20.8. The average Bonchev–Trinajstić information content (AvgIpc) is 3.45. The summed E-state index contributed by atoms with van der Waals surface area (Å²) < 4.78 is 5.52. The van der Waals surface area contributed by atoms with Gasteiger partial charge in [-0.15, -0.1) is 5.92 Å². The van der Waals surface area contributed by atoms with Crippen molar-refractivity contribution in [2.24, 2.45) is 0 Å². The standard InChI is InChI=1S/C27H42N2O/c1-3-4-5-6-7-8-9-10-18-27(24-15-13-17-26(22-24)30-2)29-21-14-16-25(29)23-28-19-11-12-20-28/h13,15,17,22,25,27H,3-9,11-12,14,16,19-21,23H2,1-2H3/t25-,27+/m0/s1. The highest BCUT2D eigenvalue weighted by molar-refractivity contribution is 5.35. The summed E-state index contributed by atoms with van der Waals surface area (Å²) in [6.45, 7) is 7.20. The zero-order valence-corrected chi connectivity index (χ0v) is 19.4. The minimum atomic E-state index is 0.190. The van der Waals surface area contributed by atoms with Crippen molar-refractivity contribution in [2.75, 3.05) is 33.3 Å². The minimum absolute atomic E-state index is 0.190. The van der Waals surface area contributed by atoms with Crippen LogP contribution in [0.15, 0.2) is 24.3 Å². The highest BCUT2D eigenvalue weighted by Crippen LogP contribution is 2.31. The first-order chi connectivity index (χ1) is 14.8. The zero-order chi connectivity index (χ0) is 21.0. The Hall–Kier alpha value is -1.50. The Morgan fingerprint density at radius 3 is 2.63 bits per heavy atom. The second-order valence-electron chi connectivity index (χ2n) is 9.06. The number of ether oxygens (including phenoxy) is 1. The molecule has 3 nitrogen and oxygen atoms in total.